The van der Waals surface area contributed by atoms with Gasteiger partial charge in [-0.05, 0) is 38.6 Å². The van der Waals surface area contributed by atoms with Gasteiger partial charge in [0.05, 0.1) is 11.5 Å². The molecule has 0 radical (unpaired) electrons. The molecule has 1 fully saturated rings. The Morgan fingerprint density at radius 3 is 2.65 bits per heavy atom. The summed E-state index contributed by atoms with van der Waals surface area (Å²) in [6.45, 7) is 7.06. The smallest absolute Gasteiger partial charge is 0.236 e. The van der Waals surface area contributed by atoms with Crippen LogP contribution in [0.5, 0.6) is 0 Å². The number of rotatable bonds is 3. The van der Waals surface area contributed by atoms with Crippen LogP contribution in [0.25, 0.3) is 0 Å². The molecule has 2 aromatic rings. The molecule has 5 nitrogen and oxygen atoms in total. The molecule has 0 amide bonds. The fraction of sp³-hybridized carbons (Fsp3) is 0.500. The van der Waals surface area contributed by atoms with E-state index >= 15 is 0 Å². The number of likely N-dealkylation sites (N-methyl/N-ethyl adjacent to an activating group) is 1. The van der Waals surface area contributed by atoms with Gasteiger partial charge in [-0.1, -0.05) is 33.2 Å². The first kappa shape index (κ1) is 18.4. The Kier molecular flexibility index (Phi) is 5.84. The Morgan fingerprint density at radius 1 is 1.30 bits per heavy atom. The van der Waals surface area contributed by atoms with Crippen LogP contribution in [-0.4, -0.2) is 41.7 Å². The second-order valence-electron chi connectivity index (χ2n) is 6.29. The van der Waals surface area contributed by atoms with Gasteiger partial charge in [0.15, 0.2) is 5.82 Å². The Morgan fingerprint density at radius 2 is 2.00 bits per heavy atom. The SMILES string of the molecule is CN1CCNCC1c1noc(C(C)(C)c2ccc(Br)cc2)n1.Cl. The summed E-state index contributed by atoms with van der Waals surface area (Å²) in [6, 6.07) is 8.41. The van der Waals surface area contributed by atoms with Gasteiger partial charge >= 0.3 is 0 Å². The number of hydrogen-bond donors (Lipinski definition) is 1. The molecule has 3 rings (SSSR count). The molecule has 0 saturated carbocycles. The third-order valence-corrected chi connectivity index (χ3v) is 4.88. The third kappa shape index (κ3) is 3.76. The second-order valence-corrected chi connectivity index (χ2v) is 7.21. The van der Waals surface area contributed by atoms with E-state index in [1.807, 2.05) is 12.1 Å². The highest BCUT2D eigenvalue weighted by atomic mass is 79.9. The van der Waals surface area contributed by atoms with Crippen LogP contribution < -0.4 is 5.32 Å². The predicted octanol–water partition coefficient (Wildman–Crippen LogP) is 3.16. The average molecular weight is 402 g/mol. The number of benzene rings is 1. The summed E-state index contributed by atoms with van der Waals surface area (Å²) in [5.41, 5.74) is 0.841. The molecule has 126 valence electrons. The van der Waals surface area contributed by atoms with Crippen LogP contribution in [0, 0.1) is 0 Å². The van der Waals surface area contributed by atoms with Crippen molar-refractivity contribution in [2.45, 2.75) is 25.3 Å². The highest BCUT2D eigenvalue weighted by Gasteiger charge is 2.32. The van der Waals surface area contributed by atoms with Crippen LogP contribution in [0.1, 0.15) is 37.2 Å². The predicted molar refractivity (Wildman–Crippen MR) is 96.1 cm³/mol. The van der Waals surface area contributed by atoms with E-state index in [0.29, 0.717) is 5.89 Å². The highest BCUT2D eigenvalue weighted by Crippen LogP contribution is 2.32. The van der Waals surface area contributed by atoms with Gasteiger partial charge < -0.3 is 9.84 Å². The molecule has 1 atom stereocenters. The number of piperazine rings is 1. The van der Waals surface area contributed by atoms with Gasteiger partial charge in [-0.3, -0.25) is 4.90 Å². The molecule has 1 aliphatic heterocycles. The molecule has 23 heavy (non-hydrogen) atoms. The maximum Gasteiger partial charge on any atom is 0.236 e. The summed E-state index contributed by atoms with van der Waals surface area (Å²) in [5, 5.41) is 7.60. The van der Waals surface area contributed by atoms with Crippen molar-refractivity contribution >= 4 is 28.3 Å². The van der Waals surface area contributed by atoms with Gasteiger partial charge in [0, 0.05) is 24.1 Å². The number of hydrogen-bond acceptors (Lipinski definition) is 5. The summed E-state index contributed by atoms with van der Waals surface area (Å²) in [4.78, 5) is 6.95. The van der Waals surface area contributed by atoms with Crippen molar-refractivity contribution < 1.29 is 4.52 Å². The van der Waals surface area contributed by atoms with Crippen LogP contribution in [0.3, 0.4) is 0 Å². The van der Waals surface area contributed by atoms with Crippen LogP contribution in [0.2, 0.25) is 0 Å². The zero-order chi connectivity index (χ0) is 15.7. The average Bonchev–Trinajstić information content (AvgIpc) is 2.98. The van der Waals surface area contributed by atoms with Gasteiger partial charge in [0.25, 0.3) is 0 Å². The van der Waals surface area contributed by atoms with E-state index in [9.17, 15) is 0 Å². The molecular formula is C16H22BrClN4O. The fourth-order valence-electron chi connectivity index (χ4n) is 2.71. The van der Waals surface area contributed by atoms with Crippen molar-refractivity contribution in [2.75, 3.05) is 26.7 Å². The molecule has 1 aromatic heterocycles. The normalized spacial score (nSPS) is 19.4. The molecule has 2 heterocycles. The molecule has 1 saturated heterocycles. The Bertz CT molecular complexity index is 644. The molecule has 1 aliphatic rings. The van der Waals surface area contributed by atoms with Gasteiger partial charge in [-0.2, -0.15) is 4.98 Å². The Labute approximate surface area is 151 Å². The van der Waals surface area contributed by atoms with E-state index in [4.69, 9.17) is 4.52 Å². The molecule has 0 aliphatic carbocycles. The first-order chi connectivity index (χ1) is 10.5. The first-order valence-corrected chi connectivity index (χ1v) is 8.29. The van der Waals surface area contributed by atoms with Crippen molar-refractivity contribution in [2.24, 2.45) is 0 Å². The number of nitrogens with zero attached hydrogens (tertiary/aromatic N) is 3. The molecule has 1 N–H and O–H groups in total. The summed E-state index contributed by atoms with van der Waals surface area (Å²) >= 11 is 3.47. The lowest BCUT2D eigenvalue weighted by Gasteiger charge is -2.30. The minimum absolute atomic E-state index is 0. The van der Waals surface area contributed by atoms with Crippen molar-refractivity contribution in [1.82, 2.24) is 20.4 Å². The molecule has 0 bridgehead atoms. The Hall–Kier alpha value is -0.950. The van der Waals surface area contributed by atoms with Crippen LogP contribution in [0.4, 0.5) is 0 Å². The molecule has 1 unspecified atom stereocenters. The van der Waals surface area contributed by atoms with E-state index in [0.717, 1.165) is 35.5 Å². The second kappa shape index (κ2) is 7.30. The molecular weight excluding hydrogens is 380 g/mol. The van der Waals surface area contributed by atoms with E-state index in [2.05, 4.69) is 69.3 Å². The van der Waals surface area contributed by atoms with Crippen molar-refractivity contribution in [3.05, 3.63) is 46.0 Å². The van der Waals surface area contributed by atoms with Crippen LogP contribution in [0.15, 0.2) is 33.3 Å². The van der Waals surface area contributed by atoms with Crippen LogP contribution >= 0.6 is 28.3 Å². The quantitative estimate of drug-likeness (QED) is 0.856. The minimum Gasteiger partial charge on any atom is -0.338 e. The topological polar surface area (TPSA) is 54.2 Å². The molecule has 7 heteroatoms. The monoisotopic (exact) mass is 400 g/mol. The lowest BCUT2D eigenvalue weighted by Crippen LogP contribution is -2.44. The summed E-state index contributed by atoms with van der Waals surface area (Å²) in [7, 11) is 2.10. The first-order valence-electron chi connectivity index (χ1n) is 7.49. The van der Waals surface area contributed by atoms with Gasteiger partial charge in [0.2, 0.25) is 5.89 Å². The maximum absolute atomic E-state index is 5.59. The highest BCUT2D eigenvalue weighted by molar-refractivity contribution is 9.10. The summed E-state index contributed by atoms with van der Waals surface area (Å²) in [6.07, 6.45) is 0. The summed E-state index contributed by atoms with van der Waals surface area (Å²) < 4.78 is 6.65. The zero-order valence-electron chi connectivity index (χ0n) is 13.5. The van der Waals surface area contributed by atoms with Crippen molar-refractivity contribution in [1.29, 1.82) is 0 Å². The lowest BCUT2D eigenvalue weighted by molar-refractivity contribution is 0.190. The van der Waals surface area contributed by atoms with Gasteiger partial charge in [-0.15, -0.1) is 12.4 Å². The van der Waals surface area contributed by atoms with E-state index in [1.54, 1.807) is 0 Å². The summed E-state index contributed by atoms with van der Waals surface area (Å²) in [5.74, 6) is 1.42. The van der Waals surface area contributed by atoms with E-state index in [-0.39, 0.29) is 23.9 Å². The van der Waals surface area contributed by atoms with Gasteiger partial charge in [-0.25, -0.2) is 0 Å². The van der Waals surface area contributed by atoms with Crippen LogP contribution in [-0.2, 0) is 5.41 Å². The number of nitrogens with one attached hydrogen (secondary N) is 1. The van der Waals surface area contributed by atoms with E-state index in [1.165, 1.54) is 0 Å². The fourth-order valence-corrected chi connectivity index (χ4v) is 2.97. The third-order valence-electron chi connectivity index (χ3n) is 4.35. The molecule has 1 aromatic carbocycles. The largest absolute Gasteiger partial charge is 0.338 e. The molecule has 0 spiro atoms. The van der Waals surface area contributed by atoms with Gasteiger partial charge in [0.1, 0.15) is 0 Å². The zero-order valence-corrected chi connectivity index (χ0v) is 15.9. The minimum atomic E-state index is -0.313. The lowest BCUT2D eigenvalue weighted by atomic mass is 9.84. The number of aromatic nitrogens is 2. The number of halogens is 2. The van der Waals surface area contributed by atoms with Crippen molar-refractivity contribution in [3.63, 3.8) is 0 Å². The Balaban J connectivity index is 0.00000192. The van der Waals surface area contributed by atoms with Crippen molar-refractivity contribution in [3.8, 4) is 0 Å². The van der Waals surface area contributed by atoms with E-state index < -0.39 is 0 Å². The maximum atomic E-state index is 5.59. The standard InChI is InChI=1S/C16H21BrN4O.ClH/c1-16(2,11-4-6-12(17)7-5-11)15-19-14(20-22-15)13-10-18-8-9-21(13)3;/h4-7,13,18H,8-10H2,1-3H3;1H.